The summed E-state index contributed by atoms with van der Waals surface area (Å²) in [5.74, 6) is 0.588. The van der Waals surface area contributed by atoms with Crippen molar-refractivity contribution in [3.8, 4) is 0 Å². The Morgan fingerprint density at radius 2 is 2.43 bits per heavy atom. The number of aliphatic imine (C=N–C) groups is 2. The van der Waals surface area contributed by atoms with E-state index in [9.17, 15) is 0 Å². The molecule has 1 aromatic rings. The van der Waals surface area contributed by atoms with E-state index in [4.69, 9.17) is 5.73 Å². The number of nitrogens with one attached hydrogen (secondary N) is 2. The first-order valence-electron chi connectivity index (χ1n) is 7.79. The zero-order valence-corrected chi connectivity index (χ0v) is 13.8. The Kier molecular flexibility index (Phi) is 3.52. The number of aromatic nitrogens is 2. The number of H-pyrrole nitrogens is 1. The molecule has 0 amide bonds. The molecule has 4 rings (SSSR count). The van der Waals surface area contributed by atoms with Gasteiger partial charge in [0.15, 0.2) is 0 Å². The molecular formula is C16H20N6S. The average Bonchev–Trinajstić information content (AvgIpc) is 2.95. The van der Waals surface area contributed by atoms with E-state index in [0.717, 1.165) is 17.9 Å². The molecule has 2 aliphatic heterocycles. The Balaban J connectivity index is 1.50. The minimum atomic E-state index is 0.0841. The molecule has 3 heterocycles. The molecule has 120 valence electrons. The number of aromatic amines is 1. The quantitative estimate of drug-likeness (QED) is 0.715. The van der Waals surface area contributed by atoms with Crippen LogP contribution in [0, 0.1) is 5.41 Å². The molecule has 1 aliphatic carbocycles. The van der Waals surface area contributed by atoms with Crippen molar-refractivity contribution >= 4 is 28.7 Å². The second-order valence-electron chi connectivity index (χ2n) is 6.29. The Hall–Kier alpha value is -2.02. The number of nitrogens with zero attached hydrogens (tertiary/aromatic N) is 3. The van der Waals surface area contributed by atoms with Gasteiger partial charge < -0.3 is 16.0 Å². The summed E-state index contributed by atoms with van der Waals surface area (Å²) < 4.78 is 0. The van der Waals surface area contributed by atoms with Crippen molar-refractivity contribution in [2.45, 2.75) is 24.1 Å². The van der Waals surface area contributed by atoms with Gasteiger partial charge >= 0.3 is 0 Å². The smallest absolute Gasteiger partial charge is 0.120 e. The highest BCUT2D eigenvalue weighted by molar-refractivity contribution is 8.09. The maximum absolute atomic E-state index is 6.01. The van der Waals surface area contributed by atoms with Crippen LogP contribution in [0.4, 0.5) is 0 Å². The summed E-state index contributed by atoms with van der Waals surface area (Å²) in [7, 11) is 1.84. The molecule has 0 saturated heterocycles. The molecule has 4 N–H and O–H groups in total. The highest BCUT2D eigenvalue weighted by Crippen LogP contribution is 2.46. The molecule has 0 radical (unpaired) electrons. The lowest BCUT2D eigenvalue weighted by molar-refractivity contribution is 0.614. The number of rotatable bonds is 5. The molecule has 0 spiro atoms. The van der Waals surface area contributed by atoms with E-state index >= 15 is 0 Å². The van der Waals surface area contributed by atoms with Gasteiger partial charge in [-0.1, -0.05) is 0 Å². The summed E-state index contributed by atoms with van der Waals surface area (Å²) in [4.78, 5) is 9.95. The minimum Gasteiger partial charge on any atom is -0.386 e. The predicted molar refractivity (Wildman–Crippen MR) is 95.5 cm³/mol. The monoisotopic (exact) mass is 328 g/mol. The molecule has 7 heteroatoms. The van der Waals surface area contributed by atoms with Gasteiger partial charge in [-0.25, -0.2) is 0 Å². The molecule has 23 heavy (non-hydrogen) atoms. The van der Waals surface area contributed by atoms with Crippen LogP contribution in [0.3, 0.4) is 0 Å². The third-order valence-electron chi connectivity index (χ3n) is 4.50. The lowest BCUT2D eigenvalue weighted by atomic mass is 10.1. The summed E-state index contributed by atoms with van der Waals surface area (Å²) in [6, 6.07) is 2.07. The molecule has 3 aliphatic rings. The zero-order chi connectivity index (χ0) is 15.9. The number of fused-ring (bicyclic) bond motifs is 1. The van der Waals surface area contributed by atoms with Gasteiger partial charge in [-0.3, -0.25) is 10.1 Å². The van der Waals surface area contributed by atoms with E-state index in [-0.39, 0.29) is 16.7 Å². The molecular weight excluding hydrogens is 308 g/mol. The van der Waals surface area contributed by atoms with Gasteiger partial charge in [-0.05, 0) is 25.0 Å². The summed E-state index contributed by atoms with van der Waals surface area (Å²) in [6.45, 7) is 0.909. The SMILES string of the molecule is C/N=C\C1(CNC2=CC(N)=NC3C=C(c4ccn[nH]4)SC23)CC1. The number of hydrogen-bond acceptors (Lipinski definition) is 6. The summed E-state index contributed by atoms with van der Waals surface area (Å²) >= 11 is 1.81. The van der Waals surface area contributed by atoms with Gasteiger partial charge in [-0.15, -0.1) is 11.8 Å². The van der Waals surface area contributed by atoms with Gasteiger partial charge in [0.05, 0.1) is 17.0 Å². The Labute approximate surface area is 139 Å². The maximum Gasteiger partial charge on any atom is 0.120 e. The Morgan fingerprint density at radius 3 is 3.13 bits per heavy atom. The first-order valence-corrected chi connectivity index (χ1v) is 8.67. The van der Waals surface area contributed by atoms with Crippen LogP contribution in [0.15, 0.2) is 40.1 Å². The number of amidine groups is 1. The number of dihydropyridines is 1. The van der Waals surface area contributed by atoms with Crippen molar-refractivity contribution in [3.63, 3.8) is 0 Å². The van der Waals surface area contributed by atoms with Gasteiger partial charge in [0, 0.05) is 48.1 Å². The van der Waals surface area contributed by atoms with Crippen molar-refractivity contribution in [1.82, 2.24) is 15.5 Å². The van der Waals surface area contributed by atoms with E-state index in [1.54, 1.807) is 6.20 Å². The molecule has 2 unspecified atom stereocenters. The van der Waals surface area contributed by atoms with E-state index < -0.39 is 0 Å². The largest absolute Gasteiger partial charge is 0.386 e. The molecule has 1 fully saturated rings. The van der Waals surface area contributed by atoms with Gasteiger partial charge in [0.2, 0.25) is 0 Å². The minimum absolute atomic E-state index is 0.0841. The van der Waals surface area contributed by atoms with Crippen molar-refractivity contribution in [2.24, 2.45) is 21.1 Å². The maximum atomic E-state index is 6.01. The van der Waals surface area contributed by atoms with Crippen LogP contribution in [-0.4, -0.2) is 47.1 Å². The zero-order valence-electron chi connectivity index (χ0n) is 13.0. The summed E-state index contributed by atoms with van der Waals surface area (Å²) in [5, 5.41) is 10.9. The third-order valence-corrected chi connectivity index (χ3v) is 5.90. The van der Waals surface area contributed by atoms with Crippen LogP contribution in [0.1, 0.15) is 18.5 Å². The van der Waals surface area contributed by atoms with Gasteiger partial charge in [0.25, 0.3) is 0 Å². The lowest BCUT2D eigenvalue weighted by Crippen LogP contribution is -2.36. The molecule has 2 atom stereocenters. The van der Waals surface area contributed by atoms with Crippen LogP contribution in [-0.2, 0) is 0 Å². The van der Waals surface area contributed by atoms with Gasteiger partial charge in [-0.2, -0.15) is 5.10 Å². The van der Waals surface area contributed by atoms with E-state index in [0.29, 0.717) is 5.84 Å². The van der Waals surface area contributed by atoms with E-state index in [1.165, 1.54) is 17.7 Å². The highest BCUT2D eigenvalue weighted by atomic mass is 32.2. The topological polar surface area (TPSA) is 91.4 Å². The Bertz CT molecular complexity index is 711. The average molecular weight is 328 g/mol. The first-order chi connectivity index (χ1) is 11.2. The number of nitrogens with two attached hydrogens (primary N) is 1. The van der Waals surface area contributed by atoms with Crippen molar-refractivity contribution in [3.05, 3.63) is 35.8 Å². The fourth-order valence-electron chi connectivity index (χ4n) is 3.05. The van der Waals surface area contributed by atoms with Crippen molar-refractivity contribution in [1.29, 1.82) is 0 Å². The molecule has 1 saturated carbocycles. The van der Waals surface area contributed by atoms with Crippen LogP contribution >= 0.6 is 11.8 Å². The second kappa shape index (κ2) is 5.56. The summed E-state index contributed by atoms with van der Waals surface area (Å²) in [6.07, 6.45) is 10.4. The predicted octanol–water partition coefficient (Wildman–Crippen LogP) is 1.56. The lowest BCUT2D eigenvalue weighted by Gasteiger charge is -2.25. The second-order valence-corrected chi connectivity index (χ2v) is 7.47. The summed E-state index contributed by atoms with van der Waals surface area (Å²) in [5.41, 5.74) is 8.44. The normalized spacial score (nSPS) is 28.1. The number of thioether (sulfide) groups is 1. The molecule has 6 nitrogen and oxygen atoms in total. The third kappa shape index (κ3) is 2.81. The standard InChI is InChI=1S/C16H20N6S/c1-18-8-16(3-4-16)9-19-11-7-14(17)21-12-6-13(23-15(11)12)10-2-5-20-22-10/h2,5-8,12,15,19H,3-4,9H2,1H3,(H2,17,21)(H,20,22)/b18-8-. The van der Waals surface area contributed by atoms with E-state index in [2.05, 4.69) is 37.8 Å². The van der Waals surface area contributed by atoms with Crippen LogP contribution in [0.5, 0.6) is 0 Å². The fourth-order valence-corrected chi connectivity index (χ4v) is 4.34. The molecule has 0 bridgehead atoms. The fraction of sp³-hybridized carbons (Fsp3) is 0.438. The van der Waals surface area contributed by atoms with Crippen molar-refractivity contribution in [2.75, 3.05) is 13.6 Å². The van der Waals surface area contributed by atoms with Crippen LogP contribution < -0.4 is 11.1 Å². The van der Waals surface area contributed by atoms with Crippen molar-refractivity contribution < 1.29 is 0 Å². The van der Waals surface area contributed by atoms with E-state index in [1.807, 2.05) is 31.0 Å². The Morgan fingerprint density at radius 1 is 1.57 bits per heavy atom. The van der Waals surface area contributed by atoms with Crippen LogP contribution in [0.25, 0.3) is 4.91 Å². The molecule has 1 aromatic heterocycles. The highest BCUT2D eigenvalue weighted by Gasteiger charge is 2.42. The molecule has 0 aromatic carbocycles. The van der Waals surface area contributed by atoms with Gasteiger partial charge in [0.1, 0.15) is 5.84 Å². The number of hydrogen-bond donors (Lipinski definition) is 3. The first kappa shape index (κ1) is 14.6. The van der Waals surface area contributed by atoms with Crippen LogP contribution in [0.2, 0.25) is 0 Å².